The fourth-order valence-corrected chi connectivity index (χ4v) is 6.07. The van der Waals surface area contributed by atoms with Gasteiger partial charge in [0, 0.05) is 37.4 Å². The minimum absolute atomic E-state index is 0.125. The zero-order valence-electron chi connectivity index (χ0n) is 31.3. The molecule has 0 aromatic carbocycles. The van der Waals surface area contributed by atoms with Crippen LogP contribution in [0.5, 0.6) is 0 Å². The Kier molecular flexibility index (Phi) is 39.7. The largest absolute Gasteiger partial charge is 0.355 e. The number of amides is 2. The average molecular weight is 721 g/mol. The standard InChI is InChI=1S/C44H68N2O2S2/c1-3-5-7-9-11-13-15-17-19-21-23-25-27-29-31-33-35-37-43(47)45-39-41-49-50-42-40-46-44(48)38-36-34-32-30-28-26-24-22-20-18-16-14-12-10-8-6-4-2/h5-8,11-14,17-20,23-26,29-32H,3-4,9-10,15-16,21-22,27-28,33-42H2,1-2H3,(H,45,47)(H,46,48)/b7-5-,8-6-,13-11?,14-12?,19-17?,20-18?,25-23-,26-24-,31-29-,32-30-. The fourth-order valence-electron chi connectivity index (χ4n) is 4.26. The zero-order valence-corrected chi connectivity index (χ0v) is 33.0. The molecule has 0 unspecified atom stereocenters. The van der Waals surface area contributed by atoms with Gasteiger partial charge in [-0.3, -0.25) is 9.59 Å². The summed E-state index contributed by atoms with van der Waals surface area (Å²) < 4.78 is 0. The highest BCUT2D eigenvalue weighted by molar-refractivity contribution is 8.76. The van der Waals surface area contributed by atoms with E-state index in [2.05, 4.69) is 146 Å². The van der Waals surface area contributed by atoms with Gasteiger partial charge < -0.3 is 10.6 Å². The minimum atomic E-state index is 0.125. The Labute approximate surface area is 315 Å². The fraction of sp³-hybridized carbons (Fsp3) is 0.500. The molecule has 0 aromatic rings. The summed E-state index contributed by atoms with van der Waals surface area (Å²) in [4.78, 5) is 24.1. The molecule has 0 atom stereocenters. The topological polar surface area (TPSA) is 58.2 Å². The molecule has 0 heterocycles. The van der Waals surface area contributed by atoms with Gasteiger partial charge in [-0.05, 0) is 89.9 Å². The monoisotopic (exact) mass is 720 g/mol. The highest BCUT2D eigenvalue weighted by Crippen LogP contribution is 2.19. The number of carbonyl (C=O) groups is 2. The molecule has 6 heteroatoms. The van der Waals surface area contributed by atoms with E-state index in [-0.39, 0.29) is 11.8 Å². The Morgan fingerprint density at radius 3 is 0.940 bits per heavy atom. The van der Waals surface area contributed by atoms with Crippen molar-refractivity contribution in [3.63, 3.8) is 0 Å². The summed E-state index contributed by atoms with van der Waals surface area (Å²) in [5.41, 5.74) is 0. The number of nitrogens with one attached hydrogen (secondary N) is 2. The SMILES string of the molecule is CC/C=C\CC=CCC=CC/C=C\C/C=C\CCCC(=O)NCCSSCCNC(=O)CCC/C=C\C/C=C\CC=CCC=CC/C=C\CC. The lowest BCUT2D eigenvalue weighted by atomic mass is 10.2. The summed E-state index contributed by atoms with van der Waals surface area (Å²) in [5.74, 6) is 1.98. The molecule has 2 amide bonds. The molecule has 0 radical (unpaired) electrons. The summed E-state index contributed by atoms with van der Waals surface area (Å²) in [6.45, 7) is 5.67. The second-order valence-electron chi connectivity index (χ2n) is 11.5. The number of hydrogen-bond acceptors (Lipinski definition) is 4. The lowest BCUT2D eigenvalue weighted by Gasteiger charge is -2.06. The van der Waals surface area contributed by atoms with E-state index in [0.29, 0.717) is 25.9 Å². The van der Waals surface area contributed by atoms with Crippen molar-refractivity contribution in [1.29, 1.82) is 0 Å². The molecule has 0 saturated heterocycles. The highest BCUT2D eigenvalue weighted by Gasteiger charge is 2.01. The first-order valence-corrected chi connectivity index (χ1v) is 21.5. The Balaban J connectivity index is 3.53. The molecule has 50 heavy (non-hydrogen) atoms. The van der Waals surface area contributed by atoms with E-state index in [4.69, 9.17) is 0 Å². The van der Waals surface area contributed by atoms with E-state index >= 15 is 0 Å². The molecule has 0 rings (SSSR count). The number of rotatable bonds is 33. The Morgan fingerprint density at radius 2 is 0.660 bits per heavy atom. The number of allylic oxidation sites excluding steroid dienone is 20. The van der Waals surface area contributed by atoms with Gasteiger partial charge in [-0.2, -0.15) is 0 Å². The first-order valence-electron chi connectivity index (χ1n) is 19.0. The smallest absolute Gasteiger partial charge is 0.220 e. The van der Waals surface area contributed by atoms with Gasteiger partial charge in [0.05, 0.1) is 0 Å². The van der Waals surface area contributed by atoms with Gasteiger partial charge in [0.25, 0.3) is 0 Å². The van der Waals surface area contributed by atoms with Crippen molar-refractivity contribution in [2.24, 2.45) is 0 Å². The Morgan fingerprint density at radius 1 is 0.400 bits per heavy atom. The maximum atomic E-state index is 12.0. The van der Waals surface area contributed by atoms with E-state index in [1.54, 1.807) is 21.6 Å². The second kappa shape index (κ2) is 42.2. The third kappa shape index (κ3) is 41.2. The molecule has 4 nitrogen and oxygen atoms in total. The summed E-state index contributed by atoms with van der Waals surface area (Å²) in [6, 6.07) is 0. The first kappa shape index (κ1) is 47.0. The normalized spacial score (nSPS) is 12.9. The van der Waals surface area contributed by atoms with Crippen LogP contribution in [-0.2, 0) is 9.59 Å². The number of carbonyl (C=O) groups excluding carboxylic acids is 2. The van der Waals surface area contributed by atoms with Crippen molar-refractivity contribution < 1.29 is 9.59 Å². The van der Waals surface area contributed by atoms with Crippen LogP contribution < -0.4 is 10.6 Å². The molecule has 0 fully saturated rings. The third-order valence-electron chi connectivity index (χ3n) is 6.96. The maximum Gasteiger partial charge on any atom is 0.220 e. The van der Waals surface area contributed by atoms with E-state index in [1.165, 1.54) is 0 Å². The third-order valence-corrected chi connectivity index (χ3v) is 9.37. The van der Waals surface area contributed by atoms with E-state index in [9.17, 15) is 9.59 Å². The van der Waals surface area contributed by atoms with Crippen LogP contribution in [0.3, 0.4) is 0 Å². The quantitative estimate of drug-likeness (QED) is 0.0403. The minimum Gasteiger partial charge on any atom is -0.355 e. The molecule has 0 aliphatic carbocycles. The molecule has 0 aliphatic rings. The van der Waals surface area contributed by atoms with Crippen LogP contribution in [0.1, 0.15) is 117 Å². The summed E-state index contributed by atoms with van der Waals surface area (Å²) in [6.07, 6.45) is 58.8. The van der Waals surface area contributed by atoms with Crippen molar-refractivity contribution >= 4 is 33.4 Å². The zero-order chi connectivity index (χ0) is 36.3. The number of hydrogen-bond donors (Lipinski definition) is 2. The van der Waals surface area contributed by atoms with Crippen LogP contribution >= 0.6 is 21.6 Å². The molecule has 0 bridgehead atoms. The van der Waals surface area contributed by atoms with Gasteiger partial charge in [0.2, 0.25) is 11.8 Å². The predicted molar refractivity (Wildman–Crippen MR) is 228 cm³/mol. The second-order valence-corrected chi connectivity index (χ2v) is 14.2. The van der Waals surface area contributed by atoms with Crippen LogP contribution in [0.15, 0.2) is 122 Å². The average Bonchev–Trinajstić information content (AvgIpc) is 3.12. The summed E-state index contributed by atoms with van der Waals surface area (Å²) in [7, 11) is 3.48. The molecular formula is C44H68N2O2S2. The lowest BCUT2D eigenvalue weighted by molar-refractivity contribution is -0.121. The van der Waals surface area contributed by atoms with Crippen molar-refractivity contribution in [2.75, 3.05) is 24.6 Å². The maximum absolute atomic E-state index is 12.0. The summed E-state index contributed by atoms with van der Waals surface area (Å²) >= 11 is 0. The van der Waals surface area contributed by atoms with E-state index in [0.717, 1.165) is 101 Å². The Hall–Kier alpha value is -2.96. The van der Waals surface area contributed by atoms with Gasteiger partial charge in [0.1, 0.15) is 0 Å². The van der Waals surface area contributed by atoms with Crippen LogP contribution in [0.2, 0.25) is 0 Å². The molecule has 0 aromatic heterocycles. The molecular weight excluding hydrogens is 653 g/mol. The first-order chi connectivity index (χ1) is 24.7. The van der Waals surface area contributed by atoms with Gasteiger partial charge in [-0.25, -0.2) is 0 Å². The van der Waals surface area contributed by atoms with Gasteiger partial charge >= 0.3 is 0 Å². The van der Waals surface area contributed by atoms with Crippen molar-refractivity contribution in [1.82, 2.24) is 10.6 Å². The van der Waals surface area contributed by atoms with Crippen LogP contribution in [0.25, 0.3) is 0 Å². The number of unbranched alkanes of at least 4 members (excludes halogenated alkanes) is 2. The van der Waals surface area contributed by atoms with Gasteiger partial charge in [-0.15, -0.1) is 0 Å². The molecule has 0 aliphatic heterocycles. The molecule has 0 saturated carbocycles. The molecule has 2 N–H and O–H groups in total. The lowest BCUT2D eigenvalue weighted by Crippen LogP contribution is -2.25. The van der Waals surface area contributed by atoms with Crippen LogP contribution in [-0.4, -0.2) is 36.4 Å². The van der Waals surface area contributed by atoms with Crippen molar-refractivity contribution in [3.8, 4) is 0 Å². The van der Waals surface area contributed by atoms with Gasteiger partial charge in [-0.1, -0.05) is 157 Å². The molecule has 278 valence electrons. The predicted octanol–water partition coefficient (Wildman–Crippen LogP) is 12.4. The summed E-state index contributed by atoms with van der Waals surface area (Å²) in [5, 5.41) is 6.01. The van der Waals surface area contributed by atoms with Crippen molar-refractivity contribution in [2.45, 2.75) is 117 Å². The van der Waals surface area contributed by atoms with E-state index < -0.39 is 0 Å². The van der Waals surface area contributed by atoms with Gasteiger partial charge in [0.15, 0.2) is 0 Å². The van der Waals surface area contributed by atoms with Crippen molar-refractivity contribution in [3.05, 3.63) is 122 Å². The Bertz CT molecular complexity index is 1010. The molecule has 0 spiro atoms. The van der Waals surface area contributed by atoms with Crippen LogP contribution in [0.4, 0.5) is 0 Å². The van der Waals surface area contributed by atoms with E-state index in [1.807, 2.05) is 0 Å². The highest BCUT2D eigenvalue weighted by atomic mass is 33.1. The van der Waals surface area contributed by atoms with Crippen LogP contribution in [0, 0.1) is 0 Å².